The second-order valence-corrected chi connectivity index (χ2v) is 2.17. The standard InChI is InChI=1S/C7H11N3.C2H6/c1-9-7(8)6-3-4-10(2)5-6;1-2/h3-5H,1-2H3,(H2,8,9);1-2H3. The van der Waals surface area contributed by atoms with Crippen LogP contribution in [0.15, 0.2) is 23.5 Å². The molecule has 1 aromatic heterocycles. The Labute approximate surface area is 73.9 Å². The van der Waals surface area contributed by atoms with Crippen LogP contribution < -0.4 is 5.73 Å². The van der Waals surface area contributed by atoms with Gasteiger partial charge in [-0.2, -0.15) is 0 Å². The van der Waals surface area contributed by atoms with E-state index in [0.717, 1.165) is 5.56 Å². The molecule has 0 radical (unpaired) electrons. The number of amidine groups is 1. The van der Waals surface area contributed by atoms with Crippen molar-refractivity contribution in [1.82, 2.24) is 4.57 Å². The third-order valence-electron chi connectivity index (χ3n) is 1.37. The minimum Gasteiger partial charge on any atom is -0.383 e. The van der Waals surface area contributed by atoms with Crippen molar-refractivity contribution in [2.24, 2.45) is 17.8 Å². The molecular weight excluding hydrogens is 150 g/mol. The molecule has 0 saturated carbocycles. The van der Waals surface area contributed by atoms with E-state index in [-0.39, 0.29) is 0 Å². The van der Waals surface area contributed by atoms with Gasteiger partial charge in [-0.05, 0) is 6.07 Å². The van der Waals surface area contributed by atoms with E-state index in [1.165, 1.54) is 0 Å². The summed E-state index contributed by atoms with van der Waals surface area (Å²) in [6, 6.07) is 1.93. The topological polar surface area (TPSA) is 43.3 Å². The van der Waals surface area contributed by atoms with E-state index in [1.54, 1.807) is 7.05 Å². The summed E-state index contributed by atoms with van der Waals surface area (Å²) in [5.41, 5.74) is 6.52. The summed E-state index contributed by atoms with van der Waals surface area (Å²) in [7, 11) is 3.63. The van der Waals surface area contributed by atoms with Gasteiger partial charge >= 0.3 is 0 Å². The van der Waals surface area contributed by atoms with Gasteiger partial charge in [0.05, 0.1) is 0 Å². The van der Waals surface area contributed by atoms with Crippen molar-refractivity contribution in [2.75, 3.05) is 7.05 Å². The van der Waals surface area contributed by atoms with Crippen LogP contribution in [0.1, 0.15) is 19.4 Å². The fourth-order valence-electron chi connectivity index (χ4n) is 0.784. The van der Waals surface area contributed by atoms with E-state index in [9.17, 15) is 0 Å². The van der Waals surface area contributed by atoms with Crippen molar-refractivity contribution in [3.05, 3.63) is 24.0 Å². The average Bonchev–Trinajstić information content (AvgIpc) is 2.54. The fraction of sp³-hybridized carbons (Fsp3) is 0.444. The van der Waals surface area contributed by atoms with Crippen molar-refractivity contribution in [2.45, 2.75) is 13.8 Å². The molecule has 0 fully saturated rings. The number of nitrogens with zero attached hydrogens (tertiary/aromatic N) is 2. The highest BCUT2D eigenvalue weighted by Crippen LogP contribution is 1.97. The molecule has 0 atom stereocenters. The van der Waals surface area contributed by atoms with E-state index in [4.69, 9.17) is 5.73 Å². The maximum Gasteiger partial charge on any atom is 0.126 e. The van der Waals surface area contributed by atoms with E-state index < -0.39 is 0 Å². The molecule has 3 heteroatoms. The van der Waals surface area contributed by atoms with Gasteiger partial charge in [-0.3, -0.25) is 4.99 Å². The lowest BCUT2D eigenvalue weighted by molar-refractivity contribution is 0.927. The maximum absolute atomic E-state index is 5.54. The molecule has 1 heterocycles. The zero-order chi connectivity index (χ0) is 9.56. The van der Waals surface area contributed by atoms with Crippen LogP contribution >= 0.6 is 0 Å². The Bertz CT molecular complexity index is 248. The zero-order valence-electron chi connectivity index (χ0n) is 8.20. The number of aromatic nitrogens is 1. The summed E-state index contributed by atoms with van der Waals surface area (Å²) in [5, 5.41) is 0. The lowest BCUT2D eigenvalue weighted by atomic mass is 10.3. The molecule has 0 bridgehead atoms. The first-order valence-corrected chi connectivity index (χ1v) is 4.08. The fourth-order valence-corrected chi connectivity index (χ4v) is 0.784. The second kappa shape index (κ2) is 5.41. The Morgan fingerprint density at radius 2 is 2.08 bits per heavy atom. The highest BCUT2D eigenvalue weighted by molar-refractivity contribution is 5.97. The number of hydrogen-bond acceptors (Lipinski definition) is 1. The summed E-state index contributed by atoms with van der Waals surface area (Å²) >= 11 is 0. The van der Waals surface area contributed by atoms with Crippen LogP contribution in [-0.4, -0.2) is 17.5 Å². The lowest BCUT2D eigenvalue weighted by Gasteiger charge is -1.91. The van der Waals surface area contributed by atoms with Crippen LogP contribution in [0.2, 0.25) is 0 Å². The Balaban J connectivity index is 0.000000561. The van der Waals surface area contributed by atoms with Crippen LogP contribution in [0, 0.1) is 0 Å². The van der Waals surface area contributed by atoms with Gasteiger partial charge in [0.1, 0.15) is 5.84 Å². The predicted octanol–water partition coefficient (Wildman–Crippen LogP) is 1.39. The van der Waals surface area contributed by atoms with E-state index in [1.807, 2.05) is 43.9 Å². The minimum absolute atomic E-state index is 0.584. The molecule has 0 aliphatic rings. The monoisotopic (exact) mass is 167 g/mol. The molecule has 0 aliphatic heterocycles. The van der Waals surface area contributed by atoms with Gasteiger partial charge < -0.3 is 10.3 Å². The normalized spacial score (nSPS) is 10.5. The molecule has 2 N–H and O–H groups in total. The molecule has 1 aromatic rings. The summed E-state index contributed by atoms with van der Waals surface area (Å²) in [6.07, 6.45) is 3.87. The second-order valence-electron chi connectivity index (χ2n) is 2.17. The van der Waals surface area contributed by atoms with Crippen molar-refractivity contribution < 1.29 is 0 Å². The molecule has 68 valence electrons. The molecular formula is C9H17N3. The smallest absolute Gasteiger partial charge is 0.126 e. The molecule has 0 spiro atoms. The molecule has 0 amide bonds. The third kappa shape index (κ3) is 2.78. The van der Waals surface area contributed by atoms with Crippen LogP contribution in [0.3, 0.4) is 0 Å². The molecule has 0 saturated heterocycles. The number of rotatable bonds is 1. The number of aliphatic imine (C=N–C) groups is 1. The van der Waals surface area contributed by atoms with Crippen LogP contribution in [0.4, 0.5) is 0 Å². The quantitative estimate of drug-likeness (QED) is 0.498. The van der Waals surface area contributed by atoms with Gasteiger partial charge in [0.15, 0.2) is 0 Å². The minimum atomic E-state index is 0.584. The molecule has 0 aromatic carbocycles. The van der Waals surface area contributed by atoms with Gasteiger partial charge in [-0.15, -0.1) is 0 Å². The molecule has 3 nitrogen and oxygen atoms in total. The first kappa shape index (κ1) is 10.8. The van der Waals surface area contributed by atoms with Crippen LogP contribution in [-0.2, 0) is 7.05 Å². The van der Waals surface area contributed by atoms with E-state index in [0.29, 0.717) is 5.84 Å². The average molecular weight is 167 g/mol. The highest BCUT2D eigenvalue weighted by atomic mass is 14.9. The zero-order valence-corrected chi connectivity index (χ0v) is 8.20. The highest BCUT2D eigenvalue weighted by Gasteiger charge is 1.95. The maximum atomic E-state index is 5.54. The Kier molecular flexibility index (Phi) is 4.84. The van der Waals surface area contributed by atoms with Crippen molar-refractivity contribution in [3.63, 3.8) is 0 Å². The Morgan fingerprint density at radius 1 is 1.50 bits per heavy atom. The summed E-state index contributed by atoms with van der Waals surface area (Å²) in [4.78, 5) is 3.85. The van der Waals surface area contributed by atoms with Crippen LogP contribution in [0.5, 0.6) is 0 Å². The van der Waals surface area contributed by atoms with Gasteiger partial charge in [0.25, 0.3) is 0 Å². The van der Waals surface area contributed by atoms with Gasteiger partial charge in [0, 0.05) is 32.1 Å². The number of nitrogens with two attached hydrogens (primary N) is 1. The van der Waals surface area contributed by atoms with E-state index in [2.05, 4.69) is 4.99 Å². The molecule has 0 unspecified atom stereocenters. The molecule has 12 heavy (non-hydrogen) atoms. The van der Waals surface area contributed by atoms with Crippen LogP contribution in [0.25, 0.3) is 0 Å². The van der Waals surface area contributed by atoms with Crippen molar-refractivity contribution in [3.8, 4) is 0 Å². The molecule has 0 aliphatic carbocycles. The Hall–Kier alpha value is -1.25. The van der Waals surface area contributed by atoms with E-state index >= 15 is 0 Å². The largest absolute Gasteiger partial charge is 0.383 e. The van der Waals surface area contributed by atoms with Gasteiger partial charge in [-0.25, -0.2) is 0 Å². The summed E-state index contributed by atoms with van der Waals surface area (Å²) < 4.78 is 1.94. The SMILES string of the molecule is CC.CN=C(N)c1ccn(C)c1. The summed E-state index contributed by atoms with van der Waals surface area (Å²) in [6.45, 7) is 4.00. The first-order chi connectivity index (χ1) is 5.74. The summed E-state index contributed by atoms with van der Waals surface area (Å²) in [5.74, 6) is 0.584. The number of hydrogen-bond donors (Lipinski definition) is 1. The first-order valence-electron chi connectivity index (χ1n) is 4.08. The third-order valence-corrected chi connectivity index (χ3v) is 1.37. The van der Waals surface area contributed by atoms with Gasteiger partial charge in [-0.1, -0.05) is 13.8 Å². The predicted molar refractivity (Wildman–Crippen MR) is 53.4 cm³/mol. The van der Waals surface area contributed by atoms with Crippen molar-refractivity contribution in [1.29, 1.82) is 0 Å². The number of aryl methyl sites for hydroxylation is 1. The Morgan fingerprint density at radius 3 is 2.42 bits per heavy atom. The van der Waals surface area contributed by atoms with Crippen molar-refractivity contribution >= 4 is 5.84 Å². The lowest BCUT2D eigenvalue weighted by Crippen LogP contribution is -2.11. The molecule has 1 rings (SSSR count). The van der Waals surface area contributed by atoms with Gasteiger partial charge in [0.2, 0.25) is 0 Å².